The monoisotopic (exact) mass is 491 g/mol. The Kier molecular flexibility index (Phi) is 7.25. The Hall–Kier alpha value is -3.43. The van der Waals surface area contributed by atoms with E-state index in [1.807, 2.05) is 47.0 Å². The van der Waals surface area contributed by atoms with Gasteiger partial charge in [0.15, 0.2) is 11.0 Å². The van der Waals surface area contributed by atoms with Gasteiger partial charge < -0.3 is 19.9 Å². The van der Waals surface area contributed by atoms with E-state index in [4.69, 9.17) is 4.74 Å². The molecule has 35 heavy (non-hydrogen) atoms. The molecule has 7 nitrogen and oxygen atoms in total. The molecule has 2 N–H and O–H groups in total. The van der Waals surface area contributed by atoms with Crippen LogP contribution in [0.2, 0.25) is 0 Å². The van der Waals surface area contributed by atoms with E-state index in [0.717, 1.165) is 47.4 Å². The number of anilines is 2. The zero-order chi connectivity index (χ0) is 24.0. The fraction of sp³-hybridized carbons (Fsp3) is 0.269. The Bertz CT molecular complexity index is 1300. The smallest absolute Gasteiger partial charge is 0.234 e. The van der Waals surface area contributed by atoms with E-state index in [2.05, 4.69) is 20.8 Å². The molecule has 3 aromatic carbocycles. The molecule has 0 radical (unpaired) electrons. The van der Waals surface area contributed by atoms with E-state index in [0.29, 0.717) is 18.2 Å². The maximum Gasteiger partial charge on any atom is 0.234 e. The summed E-state index contributed by atoms with van der Waals surface area (Å²) in [7, 11) is 0. The highest BCUT2D eigenvalue weighted by Crippen LogP contribution is 2.25. The molecule has 1 amide bonds. The lowest BCUT2D eigenvalue weighted by Gasteiger charge is -2.15. The van der Waals surface area contributed by atoms with Crippen LogP contribution in [0.4, 0.5) is 15.8 Å². The van der Waals surface area contributed by atoms with Gasteiger partial charge in [0.1, 0.15) is 5.82 Å². The van der Waals surface area contributed by atoms with Gasteiger partial charge in [0.2, 0.25) is 5.91 Å². The number of fused-ring (bicyclic) bond motifs is 1. The summed E-state index contributed by atoms with van der Waals surface area (Å²) in [6.07, 6.45) is 2.11. The molecule has 0 unspecified atom stereocenters. The van der Waals surface area contributed by atoms with Crippen LogP contribution in [0.25, 0.3) is 10.8 Å². The number of nitrogens with one attached hydrogen (secondary N) is 2. The lowest BCUT2D eigenvalue weighted by Crippen LogP contribution is -2.20. The first kappa shape index (κ1) is 23.3. The van der Waals surface area contributed by atoms with Crippen molar-refractivity contribution in [3.05, 3.63) is 78.4 Å². The summed E-state index contributed by atoms with van der Waals surface area (Å²) in [5.74, 6) is 0.557. The van der Waals surface area contributed by atoms with Crippen LogP contribution in [0.1, 0.15) is 18.7 Å². The van der Waals surface area contributed by atoms with Gasteiger partial charge in [0.05, 0.1) is 24.9 Å². The van der Waals surface area contributed by atoms with E-state index >= 15 is 0 Å². The highest BCUT2D eigenvalue weighted by Gasteiger charge is 2.21. The highest BCUT2D eigenvalue weighted by atomic mass is 32.2. The van der Waals surface area contributed by atoms with Crippen LogP contribution in [0.3, 0.4) is 0 Å². The minimum absolute atomic E-state index is 0.0967. The van der Waals surface area contributed by atoms with Crippen molar-refractivity contribution in [2.24, 2.45) is 0 Å². The van der Waals surface area contributed by atoms with Crippen LogP contribution < -0.4 is 10.6 Å². The summed E-state index contributed by atoms with van der Waals surface area (Å²) >= 11 is 1.35. The zero-order valence-corrected chi connectivity index (χ0v) is 19.9. The predicted octanol–water partition coefficient (Wildman–Crippen LogP) is 5.09. The number of halogens is 1. The summed E-state index contributed by atoms with van der Waals surface area (Å²) in [5, 5.41) is 17.7. The fourth-order valence-electron chi connectivity index (χ4n) is 4.13. The molecule has 0 spiro atoms. The van der Waals surface area contributed by atoms with Crippen LogP contribution in [-0.4, -0.2) is 39.1 Å². The number of rotatable bonds is 9. The van der Waals surface area contributed by atoms with Crippen LogP contribution in [0.5, 0.6) is 0 Å². The third-order valence-electron chi connectivity index (χ3n) is 5.89. The molecule has 1 atom stereocenters. The Morgan fingerprint density at radius 1 is 1.09 bits per heavy atom. The van der Waals surface area contributed by atoms with Crippen LogP contribution in [0.15, 0.2) is 71.9 Å². The van der Waals surface area contributed by atoms with E-state index in [9.17, 15) is 9.18 Å². The molecule has 0 aliphatic carbocycles. The van der Waals surface area contributed by atoms with Gasteiger partial charge in [-0.25, -0.2) is 4.39 Å². The second-order valence-electron chi connectivity index (χ2n) is 8.37. The summed E-state index contributed by atoms with van der Waals surface area (Å²) in [4.78, 5) is 12.8. The quantitative estimate of drug-likeness (QED) is 0.318. The number of hydrogen-bond donors (Lipinski definition) is 2. The first-order chi connectivity index (χ1) is 17.2. The molecule has 1 fully saturated rings. The number of benzene rings is 3. The molecule has 0 bridgehead atoms. The van der Waals surface area contributed by atoms with Gasteiger partial charge in [0.25, 0.3) is 0 Å². The van der Waals surface area contributed by atoms with Crippen molar-refractivity contribution in [2.75, 3.05) is 23.0 Å². The number of carbonyl (C=O) groups is 1. The first-order valence-corrected chi connectivity index (χ1v) is 12.6. The van der Waals surface area contributed by atoms with Gasteiger partial charge in [-0.05, 0) is 48.6 Å². The number of amides is 1. The number of thioether (sulfide) groups is 1. The van der Waals surface area contributed by atoms with Crippen molar-refractivity contribution in [3.8, 4) is 0 Å². The number of aromatic nitrogens is 3. The maximum atomic E-state index is 13.2. The molecule has 1 saturated heterocycles. The minimum Gasteiger partial charge on any atom is -0.378 e. The molecule has 180 valence electrons. The number of ether oxygens (including phenoxy) is 1. The van der Waals surface area contributed by atoms with Crippen molar-refractivity contribution in [2.45, 2.75) is 37.2 Å². The Labute approximate surface area is 207 Å². The maximum absolute atomic E-state index is 13.2. The van der Waals surface area contributed by atoms with E-state index in [1.54, 1.807) is 12.1 Å². The van der Waals surface area contributed by atoms with Crippen LogP contribution >= 0.6 is 11.8 Å². The molecule has 0 saturated carbocycles. The van der Waals surface area contributed by atoms with E-state index in [-0.39, 0.29) is 23.6 Å². The third-order valence-corrected chi connectivity index (χ3v) is 6.86. The topological polar surface area (TPSA) is 81.1 Å². The van der Waals surface area contributed by atoms with Gasteiger partial charge >= 0.3 is 0 Å². The number of nitrogens with zero attached hydrogens (tertiary/aromatic N) is 3. The van der Waals surface area contributed by atoms with Gasteiger partial charge in [-0.15, -0.1) is 10.2 Å². The SMILES string of the molecule is O=C(CSc1nnc(CNc2ccc(F)cc2)n1C[C@@H]1CCCO1)Nc1cccc2ccccc12. The van der Waals surface area contributed by atoms with Crippen molar-refractivity contribution >= 4 is 39.8 Å². The fourth-order valence-corrected chi connectivity index (χ4v) is 4.90. The van der Waals surface area contributed by atoms with Gasteiger partial charge in [0, 0.05) is 23.4 Å². The second kappa shape index (κ2) is 10.9. The molecule has 9 heteroatoms. The van der Waals surface area contributed by atoms with Crippen LogP contribution in [-0.2, 0) is 22.6 Å². The average molecular weight is 492 g/mol. The molecular formula is C26H26FN5O2S. The van der Waals surface area contributed by atoms with Crippen LogP contribution in [0, 0.1) is 5.82 Å². The number of hydrogen-bond acceptors (Lipinski definition) is 6. The van der Waals surface area contributed by atoms with Gasteiger partial charge in [-0.2, -0.15) is 0 Å². The molecular weight excluding hydrogens is 465 g/mol. The molecule has 1 aromatic heterocycles. The number of carbonyl (C=O) groups excluding carboxylic acids is 1. The first-order valence-electron chi connectivity index (χ1n) is 11.6. The Morgan fingerprint density at radius 2 is 1.91 bits per heavy atom. The largest absolute Gasteiger partial charge is 0.378 e. The van der Waals surface area contributed by atoms with E-state index < -0.39 is 0 Å². The van der Waals surface area contributed by atoms with Crippen molar-refractivity contribution in [1.82, 2.24) is 14.8 Å². The van der Waals surface area contributed by atoms with Gasteiger partial charge in [-0.1, -0.05) is 48.2 Å². The average Bonchev–Trinajstić information content (AvgIpc) is 3.53. The van der Waals surface area contributed by atoms with Crippen molar-refractivity contribution in [1.29, 1.82) is 0 Å². The molecule has 5 rings (SSSR count). The summed E-state index contributed by atoms with van der Waals surface area (Å²) in [5.41, 5.74) is 1.58. The zero-order valence-electron chi connectivity index (χ0n) is 19.1. The highest BCUT2D eigenvalue weighted by molar-refractivity contribution is 7.99. The predicted molar refractivity (Wildman–Crippen MR) is 136 cm³/mol. The molecule has 4 aromatic rings. The standard InChI is InChI=1S/C26H26FN5O2S/c27-19-10-12-20(13-11-19)28-15-24-30-31-26(32(24)16-21-7-4-14-34-21)35-17-25(33)29-23-9-3-6-18-5-1-2-8-22(18)23/h1-3,5-6,8-13,21,28H,4,7,14-17H2,(H,29,33)/t21-/m0/s1. The summed E-state index contributed by atoms with van der Waals surface area (Å²) in [6.45, 7) is 1.81. The summed E-state index contributed by atoms with van der Waals surface area (Å²) in [6, 6.07) is 20.0. The van der Waals surface area contributed by atoms with Gasteiger partial charge in [-0.3, -0.25) is 4.79 Å². The van der Waals surface area contributed by atoms with E-state index in [1.165, 1.54) is 23.9 Å². The van der Waals surface area contributed by atoms with Crippen molar-refractivity contribution in [3.63, 3.8) is 0 Å². The summed E-state index contributed by atoms with van der Waals surface area (Å²) < 4.78 is 21.1. The third kappa shape index (κ3) is 5.80. The minimum atomic E-state index is -0.280. The Balaban J connectivity index is 1.27. The lowest BCUT2D eigenvalue weighted by atomic mass is 10.1. The lowest BCUT2D eigenvalue weighted by molar-refractivity contribution is -0.113. The molecule has 2 heterocycles. The second-order valence-corrected chi connectivity index (χ2v) is 9.31. The molecule has 1 aliphatic rings. The normalized spacial score (nSPS) is 15.4. The molecule has 1 aliphatic heterocycles. The Morgan fingerprint density at radius 3 is 2.74 bits per heavy atom. The van der Waals surface area contributed by atoms with Crippen molar-refractivity contribution < 1.29 is 13.9 Å².